The Balaban J connectivity index is 0.00000225. The van der Waals surface area contributed by atoms with Crippen LogP contribution in [0, 0.1) is 5.92 Å². The summed E-state index contributed by atoms with van der Waals surface area (Å²) in [4.78, 5) is 25.0. The van der Waals surface area contributed by atoms with Gasteiger partial charge in [0.05, 0.1) is 18.4 Å². The second-order valence-electron chi connectivity index (χ2n) is 6.72. The van der Waals surface area contributed by atoms with E-state index in [1.807, 2.05) is 0 Å². The fraction of sp³-hybridized carbons (Fsp3) is 0.556. The second kappa shape index (κ2) is 8.54. The molecule has 0 unspecified atom stereocenters. The number of methoxy groups -OCH3 is 1. The van der Waals surface area contributed by atoms with Gasteiger partial charge in [-0.05, 0) is 57.4 Å². The standard InChI is InChI=1S/C18H25N3O3.ClH/c1-11-9-12(7-8-19-11)17(22)21-16-6-5-14(24-2)10-15(16)18(23)20-13-3-4-13;/h5-6,10-13,19H,3-4,7-9H2,1-2H3,(H,20,23)(H,21,22);1H/t11-,12-;/m0./s1. The minimum Gasteiger partial charge on any atom is -0.497 e. The first-order valence-electron chi connectivity index (χ1n) is 8.60. The quantitative estimate of drug-likeness (QED) is 0.746. The Morgan fingerprint density at radius 3 is 2.64 bits per heavy atom. The van der Waals surface area contributed by atoms with Crippen LogP contribution < -0.4 is 20.7 Å². The number of amides is 2. The van der Waals surface area contributed by atoms with E-state index in [4.69, 9.17) is 4.74 Å². The Kier molecular flexibility index (Phi) is 6.67. The molecule has 7 heteroatoms. The lowest BCUT2D eigenvalue weighted by molar-refractivity contribution is -0.120. The normalized spacial score (nSPS) is 22.5. The largest absolute Gasteiger partial charge is 0.497 e. The van der Waals surface area contributed by atoms with E-state index in [2.05, 4.69) is 22.9 Å². The minimum absolute atomic E-state index is 0. The van der Waals surface area contributed by atoms with Gasteiger partial charge in [-0.1, -0.05) is 0 Å². The van der Waals surface area contributed by atoms with Crippen molar-refractivity contribution >= 4 is 29.9 Å². The number of halogens is 1. The van der Waals surface area contributed by atoms with Crippen molar-refractivity contribution in [2.45, 2.75) is 44.7 Å². The van der Waals surface area contributed by atoms with Crippen molar-refractivity contribution in [3.63, 3.8) is 0 Å². The zero-order chi connectivity index (χ0) is 17.1. The number of benzene rings is 1. The first-order valence-corrected chi connectivity index (χ1v) is 8.60. The summed E-state index contributed by atoms with van der Waals surface area (Å²) < 4.78 is 5.22. The van der Waals surface area contributed by atoms with Crippen LogP contribution in [0.4, 0.5) is 5.69 Å². The van der Waals surface area contributed by atoms with E-state index in [-0.39, 0.29) is 36.2 Å². The highest BCUT2D eigenvalue weighted by Gasteiger charge is 2.28. The van der Waals surface area contributed by atoms with E-state index in [9.17, 15) is 9.59 Å². The third-order valence-electron chi connectivity index (χ3n) is 4.64. The fourth-order valence-corrected chi connectivity index (χ4v) is 3.04. The van der Waals surface area contributed by atoms with Gasteiger partial charge in [-0.15, -0.1) is 12.4 Å². The Morgan fingerprint density at radius 1 is 1.24 bits per heavy atom. The van der Waals surface area contributed by atoms with Crippen LogP contribution >= 0.6 is 12.4 Å². The Labute approximate surface area is 154 Å². The number of hydrogen-bond donors (Lipinski definition) is 3. The molecule has 2 amide bonds. The van der Waals surface area contributed by atoms with Crippen molar-refractivity contribution in [1.29, 1.82) is 0 Å². The summed E-state index contributed by atoms with van der Waals surface area (Å²) in [7, 11) is 1.56. The molecule has 0 spiro atoms. The molecule has 1 saturated heterocycles. The minimum atomic E-state index is -0.162. The molecule has 1 heterocycles. The molecule has 1 aromatic carbocycles. The Hall–Kier alpha value is -1.79. The number of hydrogen-bond acceptors (Lipinski definition) is 4. The van der Waals surface area contributed by atoms with E-state index in [0.29, 0.717) is 23.0 Å². The molecule has 3 rings (SSSR count). The van der Waals surface area contributed by atoms with Gasteiger partial charge in [-0.25, -0.2) is 0 Å². The summed E-state index contributed by atoms with van der Waals surface area (Å²) in [6.07, 6.45) is 3.66. The molecule has 1 aliphatic heterocycles. The third kappa shape index (κ3) is 5.09. The molecule has 2 fully saturated rings. The van der Waals surface area contributed by atoms with Crippen molar-refractivity contribution in [3.05, 3.63) is 23.8 Å². The number of rotatable bonds is 5. The van der Waals surface area contributed by atoms with Crippen LogP contribution in [0.2, 0.25) is 0 Å². The molecule has 0 bridgehead atoms. The van der Waals surface area contributed by atoms with Gasteiger partial charge in [-0.2, -0.15) is 0 Å². The van der Waals surface area contributed by atoms with Gasteiger partial charge in [0.15, 0.2) is 0 Å². The summed E-state index contributed by atoms with van der Waals surface area (Å²) in [5.74, 6) is 0.395. The summed E-state index contributed by atoms with van der Waals surface area (Å²) in [5, 5.41) is 9.25. The van der Waals surface area contributed by atoms with Crippen LogP contribution in [0.5, 0.6) is 5.75 Å². The summed E-state index contributed by atoms with van der Waals surface area (Å²) >= 11 is 0. The number of nitrogens with one attached hydrogen (secondary N) is 3. The molecular formula is C18H26ClN3O3. The first-order chi connectivity index (χ1) is 11.6. The van der Waals surface area contributed by atoms with E-state index < -0.39 is 0 Å². The monoisotopic (exact) mass is 367 g/mol. The van der Waals surface area contributed by atoms with Crippen LogP contribution in [0.15, 0.2) is 18.2 Å². The van der Waals surface area contributed by atoms with Crippen LogP contribution in [-0.2, 0) is 4.79 Å². The number of anilines is 1. The van der Waals surface area contributed by atoms with Gasteiger partial charge in [0.1, 0.15) is 5.75 Å². The smallest absolute Gasteiger partial charge is 0.253 e. The van der Waals surface area contributed by atoms with Crippen molar-refractivity contribution < 1.29 is 14.3 Å². The van der Waals surface area contributed by atoms with Crippen LogP contribution in [-0.4, -0.2) is 37.6 Å². The van der Waals surface area contributed by atoms with Crippen molar-refractivity contribution in [2.75, 3.05) is 19.0 Å². The van der Waals surface area contributed by atoms with Gasteiger partial charge < -0.3 is 20.7 Å². The molecule has 138 valence electrons. The van der Waals surface area contributed by atoms with Gasteiger partial charge >= 0.3 is 0 Å². The maximum Gasteiger partial charge on any atom is 0.253 e. The lowest BCUT2D eigenvalue weighted by Gasteiger charge is -2.27. The second-order valence-corrected chi connectivity index (χ2v) is 6.72. The van der Waals surface area contributed by atoms with E-state index in [0.717, 1.165) is 32.2 Å². The van der Waals surface area contributed by atoms with Crippen molar-refractivity contribution in [3.8, 4) is 5.75 Å². The highest BCUT2D eigenvalue weighted by molar-refractivity contribution is 6.04. The molecule has 1 aliphatic carbocycles. The van der Waals surface area contributed by atoms with E-state index in [1.54, 1.807) is 25.3 Å². The Bertz CT molecular complexity index is 634. The molecule has 0 radical (unpaired) electrons. The molecule has 2 atom stereocenters. The molecular weight excluding hydrogens is 342 g/mol. The molecule has 1 aromatic rings. The number of piperidine rings is 1. The molecule has 25 heavy (non-hydrogen) atoms. The van der Waals surface area contributed by atoms with Gasteiger partial charge in [-0.3, -0.25) is 9.59 Å². The maximum atomic E-state index is 12.6. The summed E-state index contributed by atoms with van der Waals surface area (Å²) in [6.45, 7) is 2.93. The zero-order valence-electron chi connectivity index (χ0n) is 14.6. The third-order valence-corrected chi connectivity index (χ3v) is 4.64. The zero-order valence-corrected chi connectivity index (χ0v) is 15.4. The summed E-state index contributed by atoms with van der Waals surface area (Å²) in [5.41, 5.74) is 1.00. The topological polar surface area (TPSA) is 79.5 Å². The van der Waals surface area contributed by atoms with E-state index in [1.165, 1.54) is 0 Å². The average molecular weight is 368 g/mol. The van der Waals surface area contributed by atoms with Crippen molar-refractivity contribution in [1.82, 2.24) is 10.6 Å². The lowest BCUT2D eigenvalue weighted by atomic mass is 9.92. The first kappa shape index (κ1) is 19.5. The van der Waals surface area contributed by atoms with Crippen LogP contribution in [0.1, 0.15) is 43.0 Å². The molecule has 6 nitrogen and oxygen atoms in total. The lowest BCUT2D eigenvalue weighted by Crippen LogP contribution is -2.40. The van der Waals surface area contributed by atoms with Gasteiger partial charge in [0, 0.05) is 18.0 Å². The molecule has 0 aromatic heterocycles. The van der Waals surface area contributed by atoms with Crippen molar-refractivity contribution in [2.24, 2.45) is 5.92 Å². The van der Waals surface area contributed by atoms with Crippen LogP contribution in [0.25, 0.3) is 0 Å². The predicted molar refractivity (Wildman–Crippen MR) is 99.5 cm³/mol. The number of carbonyl (C=O) groups excluding carboxylic acids is 2. The van der Waals surface area contributed by atoms with Gasteiger partial charge in [0.25, 0.3) is 5.91 Å². The fourth-order valence-electron chi connectivity index (χ4n) is 3.04. The van der Waals surface area contributed by atoms with E-state index >= 15 is 0 Å². The molecule has 3 N–H and O–H groups in total. The van der Waals surface area contributed by atoms with Crippen LogP contribution in [0.3, 0.4) is 0 Å². The predicted octanol–water partition coefficient (Wildman–Crippen LogP) is 2.34. The highest BCUT2D eigenvalue weighted by Crippen LogP contribution is 2.26. The SMILES string of the molecule is COc1ccc(NC(=O)[C@H]2CCN[C@@H](C)C2)c(C(=O)NC2CC2)c1.Cl. The molecule has 2 aliphatic rings. The average Bonchev–Trinajstić information content (AvgIpc) is 3.39. The Morgan fingerprint density at radius 2 is 2.00 bits per heavy atom. The van der Waals surface area contributed by atoms with Gasteiger partial charge in [0.2, 0.25) is 5.91 Å². The summed E-state index contributed by atoms with van der Waals surface area (Å²) in [6, 6.07) is 5.77. The molecule has 1 saturated carbocycles. The number of ether oxygens (including phenoxy) is 1. The maximum absolute atomic E-state index is 12.6. The number of carbonyl (C=O) groups is 2. The highest BCUT2D eigenvalue weighted by atomic mass is 35.5.